The average Bonchev–Trinajstić information content (AvgIpc) is 2.24. The van der Waals surface area contributed by atoms with E-state index in [0.29, 0.717) is 5.75 Å². The predicted octanol–water partition coefficient (Wildman–Crippen LogP) is 4.23. The van der Waals surface area contributed by atoms with E-state index in [2.05, 4.69) is 13.0 Å². The van der Waals surface area contributed by atoms with Crippen LogP contribution >= 0.6 is 0 Å². The topological polar surface area (TPSA) is 20.2 Å². The Hall–Kier alpha value is -1.24. The van der Waals surface area contributed by atoms with Crippen molar-refractivity contribution in [2.75, 3.05) is 0 Å². The maximum Gasteiger partial charge on any atom is 0.122 e. The van der Waals surface area contributed by atoms with Crippen molar-refractivity contribution in [3.8, 4) is 5.75 Å². The molecule has 78 valence electrons. The number of hydrogen-bond donors (Lipinski definition) is 1. The lowest BCUT2D eigenvalue weighted by Crippen LogP contribution is -1.72. The quantitative estimate of drug-likeness (QED) is 0.759. The highest BCUT2D eigenvalue weighted by Gasteiger charge is 1.91. The minimum absolute atomic E-state index is 0.352. The molecule has 0 saturated carbocycles. The fourth-order valence-electron chi connectivity index (χ4n) is 1.01. The fourth-order valence-corrected chi connectivity index (χ4v) is 1.01. The van der Waals surface area contributed by atoms with E-state index >= 15 is 0 Å². The van der Waals surface area contributed by atoms with Gasteiger partial charge in [-0.3, -0.25) is 0 Å². The highest BCUT2D eigenvalue weighted by Crippen LogP contribution is 2.17. The van der Waals surface area contributed by atoms with Crippen LogP contribution in [0.1, 0.15) is 39.2 Å². The smallest absolute Gasteiger partial charge is 0.122 e. The summed E-state index contributed by atoms with van der Waals surface area (Å²) < 4.78 is 0. The molecule has 0 atom stereocenters. The zero-order valence-electron chi connectivity index (χ0n) is 9.33. The van der Waals surface area contributed by atoms with Crippen molar-refractivity contribution in [2.24, 2.45) is 0 Å². The van der Waals surface area contributed by atoms with Gasteiger partial charge in [-0.1, -0.05) is 57.5 Å². The highest BCUT2D eigenvalue weighted by atomic mass is 16.3. The molecule has 0 saturated heterocycles. The third-order valence-electron chi connectivity index (χ3n) is 1.69. The molecular formula is C13H20O. The van der Waals surface area contributed by atoms with E-state index in [1.165, 1.54) is 0 Å². The van der Waals surface area contributed by atoms with Crippen molar-refractivity contribution in [2.45, 2.75) is 33.6 Å². The van der Waals surface area contributed by atoms with Gasteiger partial charge in [0.15, 0.2) is 0 Å². The molecule has 0 radical (unpaired) electrons. The molecule has 14 heavy (non-hydrogen) atoms. The second-order valence-corrected chi connectivity index (χ2v) is 2.75. The molecule has 0 fully saturated rings. The summed E-state index contributed by atoms with van der Waals surface area (Å²) in [4.78, 5) is 0. The van der Waals surface area contributed by atoms with Crippen LogP contribution in [0.25, 0.3) is 6.08 Å². The molecule has 1 N–H and O–H groups in total. The first-order chi connectivity index (χ1) is 6.84. The van der Waals surface area contributed by atoms with E-state index in [-0.39, 0.29) is 0 Å². The highest BCUT2D eigenvalue weighted by molar-refractivity contribution is 5.56. The van der Waals surface area contributed by atoms with Crippen LogP contribution in [0, 0.1) is 0 Å². The molecule has 1 heteroatoms. The van der Waals surface area contributed by atoms with Crippen LogP contribution in [0.15, 0.2) is 30.3 Å². The molecule has 1 aromatic carbocycles. The maximum atomic E-state index is 9.36. The van der Waals surface area contributed by atoms with Crippen molar-refractivity contribution < 1.29 is 5.11 Å². The SMILES string of the molecule is CC.CCC/C=C\c1ccccc1O. The fraction of sp³-hybridized carbons (Fsp3) is 0.385. The predicted molar refractivity (Wildman–Crippen MR) is 63.4 cm³/mol. The lowest BCUT2D eigenvalue weighted by atomic mass is 10.1. The Balaban J connectivity index is 0.000000791. The van der Waals surface area contributed by atoms with E-state index in [1.54, 1.807) is 6.07 Å². The number of phenolic OH excluding ortho intramolecular Hbond substituents is 1. The van der Waals surface area contributed by atoms with Crippen LogP contribution in [0.5, 0.6) is 5.75 Å². The van der Waals surface area contributed by atoms with E-state index in [9.17, 15) is 5.11 Å². The van der Waals surface area contributed by atoms with Crippen molar-refractivity contribution in [1.82, 2.24) is 0 Å². The summed E-state index contributed by atoms with van der Waals surface area (Å²) in [5, 5.41) is 9.36. The van der Waals surface area contributed by atoms with Gasteiger partial charge >= 0.3 is 0 Å². The summed E-state index contributed by atoms with van der Waals surface area (Å²) in [6.45, 7) is 6.13. The zero-order chi connectivity index (χ0) is 10.8. The van der Waals surface area contributed by atoms with Gasteiger partial charge in [0.05, 0.1) is 0 Å². The molecule has 0 aliphatic carbocycles. The number of para-hydroxylation sites is 1. The van der Waals surface area contributed by atoms with Crippen LogP contribution in [0.3, 0.4) is 0 Å². The minimum Gasteiger partial charge on any atom is -0.507 e. The number of phenols is 1. The number of allylic oxidation sites excluding steroid dienone is 1. The van der Waals surface area contributed by atoms with Gasteiger partial charge < -0.3 is 5.11 Å². The lowest BCUT2D eigenvalue weighted by Gasteiger charge is -1.96. The normalized spacial score (nSPS) is 9.64. The Morgan fingerprint density at radius 2 is 1.86 bits per heavy atom. The summed E-state index contributed by atoms with van der Waals surface area (Å²) in [7, 11) is 0. The Labute approximate surface area is 87.1 Å². The van der Waals surface area contributed by atoms with Gasteiger partial charge in [-0.15, -0.1) is 0 Å². The summed E-state index contributed by atoms with van der Waals surface area (Å²) >= 11 is 0. The third kappa shape index (κ3) is 4.70. The second kappa shape index (κ2) is 8.36. The van der Waals surface area contributed by atoms with Crippen molar-refractivity contribution in [3.05, 3.63) is 35.9 Å². The number of hydrogen-bond acceptors (Lipinski definition) is 1. The standard InChI is InChI=1S/C11H14O.C2H6/c1-2-3-4-7-10-8-5-6-9-11(10)12;1-2/h4-9,12H,2-3H2,1H3;1-2H3/b7-4-;. The lowest BCUT2D eigenvalue weighted by molar-refractivity contribution is 0.474. The second-order valence-electron chi connectivity index (χ2n) is 2.75. The van der Waals surface area contributed by atoms with Crippen LogP contribution < -0.4 is 0 Å². The first-order valence-electron chi connectivity index (χ1n) is 5.29. The molecular weight excluding hydrogens is 172 g/mol. The van der Waals surface area contributed by atoms with E-state index in [1.807, 2.05) is 38.1 Å². The number of aromatic hydroxyl groups is 1. The minimum atomic E-state index is 0.352. The number of rotatable bonds is 3. The largest absolute Gasteiger partial charge is 0.507 e. The van der Waals surface area contributed by atoms with Gasteiger partial charge in [0.25, 0.3) is 0 Å². The molecule has 0 spiro atoms. The van der Waals surface area contributed by atoms with Crippen molar-refractivity contribution in [1.29, 1.82) is 0 Å². The summed E-state index contributed by atoms with van der Waals surface area (Å²) in [5.74, 6) is 0.352. The molecule has 0 aliphatic heterocycles. The number of unbranched alkanes of at least 4 members (excludes halogenated alkanes) is 1. The van der Waals surface area contributed by atoms with Gasteiger partial charge in [0.2, 0.25) is 0 Å². The Morgan fingerprint density at radius 1 is 1.21 bits per heavy atom. The first kappa shape index (κ1) is 12.8. The van der Waals surface area contributed by atoms with Crippen molar-refractivity contribution in [3.63, 3.8) is 0 Å². The summed E-state index contributed by atoms with van der Waals surface area (Å²) in [6, 6.07) is 7.35. The molecule has 0 amide bonds. The van der Waals surface area contributed by atoms with Gasteiger partial charge in [-0.25, -0.2) is 0 Å². The Bertz CT molecular complexity index is 264. The molecule has 1 rings (SSSR count). The molecule has 0 heterocycles. The zero-order valence-corrected chi connectivity index (χ0v) is 9.33. The van der Waals surface area contributed by atoms with Crippen LogP contribution in [-0.2, 0) is 0 Å². The summed E-state index contributed by atoms with van der Waals surface area (Å²) in [5.41, 5.74) is 0.894. The molecule has 0 bridgehead atoms. The number of benzene rings is 1. The molecule has 0 aromatic heterocycles. The Morgan fingerprint density at radius 3 is 2.43 bits per heavy atom. The molecule has 1 aromatic rings. The molecule has 0 aliphatic rings. The van der Waals surface area contributed by atoms with Crippen LogP contribution in [-0.4, -0.2) is 5.11 Å². The van der Waals surface area contributed by atoms with E-state index in [4.69, 9.17) is 0 Å². The molecule has 1 nitrogen and oxygen atoms in total. The average molecular weight is 192 g/mol. The van der Waals surface area contributed by atoms with E-state index in [0.717, 1.165) is 18.4 Å². The van der Waals surface area contributed by atoms with Gasteiger partial charge in [0.1, 0.15) is 5.75 Å². The monoisotopic (exact) mass is 192 g/mol. The van der Waals surface area contributed by atoms with Crippen LogP contribution in [0.2, 0.25) is 0 Å². The molecule has 0 unspecified atom stereocenters. The van der Waals surface area contributed by atoms with E-state index < -0.39 is 0 Å². The third-order valence-corrected chi connectivity index (χ3v) is 1.69. The summed E-state index contributed by atoms with van der Waals surface area (Å²) in [6.07, 6.45) is 6.24. The van der Waals surface area contributed by atoms with Gasteiger partial charge in [0, 0.05) is 5.56 Å². The van der Waals surface area contributed by atoms with Crippen molar-refractivity contribution >= 4 is 6.08 Å². The van der Waals surface area contributed by atoms with Gasteiger partial charge in [-0.2, -0.15) is 0 Å². The first-order valence-corrected chi connectivity index (χ1v) is 5.29. The maximum absolute atomic E-state index is 9.36. The van der Waals surface area contributed by atoms with Gasteiger partial charge in [-0.05, 0) is 12.5 Å². The Kier molecular flexibility index (Phi) is 7.62. The van der Waals surface area contributed by atoms with Crippen LogP contribution in [0.4, 0.5) is 0 Å².